The van der Waals surface area contributed by atoms with Crippen LogP contribution in [0.2, 0.25) is 0 Å². The lowest BCUT2D eigenvalue weighted by Crippen LogP contribution is -2.31. The number of nitrogens with zero attached hydrogens (tertiary/aromatic N) is 2. The van der Waals surface area contributed by atoms with E-state index in [1.54, 1.807) is 56.7 Å². The summed E-state index contributed by atoms with van der Waals surface area (Å²) in [4.78, 5) is 19.5. The minimum absolute atomic E-state index is 0.113. The van der Waals surface area contributed by atoms with Crippen molar-refractivity contribution >= 4 is 42.4 Å². The summed E-state index contributed by atoms with van der Waals surface area (Å²) in [6, 6.07) is 15.1. The van der Waals surface area contributed by atoms with Crippen LogP contribution in [0.25, 0.3) is 10.2 Å². The van der Waals surface area contributed by atoms with Crippen molar-refractivity contribution in [2.75, 3.05) is 24.9 Å². The number of rotatable bonds is 9. The number of methoxy groups -OCH3 is 2. The van der Waals surface area contributed by atoms with Gasteiger partial charge in [-0.1, -0.05) is 29.5 Å². The van der Waals surface area contributed by atoms with Gasteiger partial charge in [-0.25, -0.2) is 13.4 Å². The molecule has 8 nitrogen and oxygen atoms in total. The predicted molar refractivity (Wildman–Crippen MR) is 126 cm³/mol. The number of amides is 1. The van der Waals surface area contributed by atoms with Crippen LogP contribution in [0.3, 0.4) is 0 Å². The first-order valence-electron chi connectivity index (χ1n) is 10.0. The van der Waals surface area contributed by atoms with E-state index in [0.717, 1.165) is 4.70 Å². The van der Waals surface area contributed by atoms with E-state index in [9.17, 15) is 13.2 Å². The smallest absolute Gasteiger partial charge is 0.230 e. The molecule has 10 heteroatoms. The predicted octanol–water partition coefficient (Wildman–Crippen LogP) is 4.30. The second-order valence-electron chi connectivity index (χ2n) is 7.09. The van der Waals surface area contributed by atoms with Gasteiger partial charge >= 0.3 is 0 Å². The van der Waals surface area contributed by atoms with Gasteiger partial charge in [-0.2, -0.15) is 0 Å². The van der Waals surface area contributed by atoms with Gasteiger partial charge in [-0.3, -0.25) is 9.69 Å². The summed E-state index contributed by atoms with van der Waals surface area (Å²) < 4.78 is 42.4. The van der Waals surface area contributed by atoms with Crippen molar-refractivity contribution in [1.29, 1.82) is 0 Å². The Balaban J connectivity index is 1.66. The zero-order valence-corrected chi connectivity index (χ0v) is 19.7. The fourth-order valence-corrected chi connectivity index (χ4v) is 5.65. The topological polar surface area (TPSA) is 98.9 Å². The standard InChI is InChI=1S/C23H22N2O6S2/c1-29-18-10-11-19(30-2)22-21(18)24-23(32-22)25(15-16-7-6-13-31-16)20(26)12-14-33(27,28)17-8-4-3-5-9-17/h3-11,13H,12,14-15H2,1-2H3. The fourth-order valence-electron chi connectivity index (χ4n) is 3.31. The summed E-state index contributed by atoms with van der Waals surface area (Å²) in [6.45, 7) is 0.113. The molecule has 0 radical (unpaired) electrons. The number of fused-ring (bicyclic) bond motifs is 1. The van der Waals surface area contributed by atoms with Crippen molar-refractivity contribution in [3.05, 3.63) is 66.6 Å². The zero-order chi connectivity index (χ0) is 23.4. The maximum atomic E-state index is 13.3. The van der Waals surface area contributed by atoms with Crippen LogP contribution >= 0.6 is 11.3 Å². The molecule has 2 heterocycles. The molecule has 0 bridgehead atoms. The number of thiazole rings is 1. The minimum Gasteiger partial charge on any atom is -0.495 e. The second kappa shape index (κ2) is 9.63. The molecule has 0 atom stereocenters. The number of anilines is 1. The van der Waals surface area contributed by atoms with Crippen LogP contribution in [0.15, 0.2) is 70.2 Å². The van der Waals surface area contributed by atoms with Crippen molar-refractivity contribution in [3.8, 4) is 11.5 Å². The molecule has 0 N–H and O–H groups in total. The molecule has 0 aliphatic carbocycles. The number of benzene rings is 2. The summed E-state index contributed by atoms with van der Waals surface area (Å²) >= 11 is 1.26. The molecule has 2 aromatic heterocycles. The highest BCUT2D eigenvalue weighted by atomic mass is 32.2. The van der Waals surface area contributed by atoms with E-state index >= 15 is 0 Å². The Bertz CT molecular complexity index is 1310. The van der Waals surface area contributed by atoms with Gasteiger partial charge in [0.15, 0.2) is 15.0 Å². The SMILES string of the molecule is COc1ccc(OC)c2sc(N(Cc3ccco3)C(=O)CCS(=O)(=O)c3ccccc3)nc12. The summed E-state index contributed by atoms with van der Waals surface area (Å²) in [6.07, 6.45) is 1.31. The molecule has 4 aromatic rings. The highest BCUT2D eigenvalue weighted by molar-refractivity contribution is 7.91. The molecular weight excluding hydrogens is 464 g/mol. The van der Waals surface area contributed by atoms with Crippen molar-refractivity contribution in [2.24, 2.45) is 0 Å². The minimum atomic E-state index is -3.61. The Kier molecular flexibility index (Phi) is 6.66. The third kappa shape index (κ3) is 4.86. The van der Waals surface area contributed by atoms with E-state index in [4.69, 9.17) is 13.9 Å². The van der Waals surface area contributed by atoms with Crippen LogP contribution in [0.5, 0.6) is 11.5 Å². The Hall–Kier alpha value is -3.37. The van der Waals surface area contributed by atoms with Gasteiger partial charge in [-0.05, 0) is 36.4 Å². The average Bonchev–Trinajstić information content (AvgIpc) is 3.51. The number of sulfone groups is 1. The fraction of sp³-hybridized carbons (Fsp3) is 0.217. The Morgan fingerprint density at radius 3 is 2.42 bits per heavy atom. The molecular formula is C23H22N2O6S2. The van der Waals surface area contributed by atoms with E-state index in [1.807, 2.05) is 0 Å². The lowest BCUT2D eigenvalue weighted by Gasteiger charge is -2.18. The molecule has 172 valence electrons. The monoisotopic (exact) mass is 486 g/mol. The zero-order valence-electron chi connectivity index (χ0n) is 18.1. The Labute approximate surface area is 195 Å². The molecule has 0 fully saturated rings. The van der Waals surface area contributed by atoms with Gasteiger partial charge in [0, 0.05) is 6.42 Å². The van der Waals surface area contributed by atoms with Crippen LogP contribution in [-0.4, -0.2) is 39.3 Å². The molecule has 0 saturated carbocycles. The average molecular weight is 487 g/mol. The van der Waals surface area contributed by atoms with Crippen LogP contribution < -0.4 is 14.4 Å². The van der Waals surface area contributed by atoms with Gasteiger partial charge in [-0.15, -0.1) is 0 Å². The first kappa shape index (κ1) is 22.8. The maximum Gasteiger partial charge on any atom is 0.230 e. The molecule has 0 saturated heterocycles. The molecule has 2 aromatic carbocycles. The molecule has 1 amide bonds. The van der Waals surface area contributed by atoms with E-state index in [-0.39, 0.29) is 29.5 Å². The second-order valence-corrected chi connectivity index (χ2v) is 10.2. The first-order valence-corrected chi connectivity index (χ1v) is 12.5. The number of carbonyl (C=O) groups excluding carboxylic acids is 1. The van der Waals surface area contributed by atoms with Crippen LogP contribution in [0.1, 0.15) is 12.2 Å². The van der Waals surface area contributed by atoms with Gasteiger partial charge in [0.25, 0.3) is 0 Å². The van der Waals surface area contributed by atoms with E-state index < -0.39 is 9.84 Å². The number of carbonyl (C=O) groups is 1. The summed E-state index contributed by atoms with van der Waals surface area (Å²) in [7, 11) is -0.508. The number of ether oxygens (including phenoxy) is 2. The van der Waals surface area contributed by atoms with Crippen molar-refractivity contribution in [3.63, 3.8) is 0 Å². The first-order chi connectivity index (χ1) is 15.9. The Morgan fingerprint density at radius 2 is 1.76 bits per heavy atom. The summed E-state index contributed by atoms with van der Waals surface area (Å²) in [5.41, 5.74) is 0.561. The van der Waals surface area contributed by atoms with Crippen molar-refractivity contribution in [2.45, 2.75) is 17.9 Å². The molecule has 0 unspecified atom stereocenters. The number of hydrogen-bond acceptors (Lipinski definition) is 8. The van der Waals surface area contributed by atoms with Crippen LogP contribution in [-0.2, 0) is 21.2 Å². The molecule has 33 heavy (non-hydrogen) atoms. The normalized spacial score (nSPS) is 11.5. The maximum absolute atomic E-state index is 13.3. The molecule has 0 aliphatic rings. The highest BCUT2D eigenvalue weighted by Crippen LogP contribution is 2.40. The van der Waals surface area contributed by atoms with Crippen LogP contribution in [0, 0.1) is 0 Å². The number of furan rings is 1. The lowest BCUT2D eigenvalue weighted by atomic mass is 10.3. The Morgan fingerprint density at radius 1 is 1.03 bits per heavy atom. The third-order valence-electron chi connectivity index (χ3n) is 5.01. The largest absolute Gasteiger partial charge is 0.495 e. The lowest BCUT2D eigenvalue weighted by molar-refractivity contribution is -0.118. The van der Waals surface area contributed by atoms with E-state index in [0.29, 0.717) is 27.9 Å². The van der Waals surface area contributed by atoms with Gasteiger partial charge in [0.05, 0.1) is 37.7 Å². The molecule has 0 spiro atoms. The van der Waals surface area contributed by atoms with Gasteiger partial charge in [0.1, 0.15) is 27.5 Å². The summed E-state index contributed by atoms with van der Waals surface area (Å²) in [5.74, 6) is 0.995. The van der Waals surface area contributed by atoms with E-state index in [1.165, 1.54) is 34.6 Å². The molecule has 0 aliphatic heterocycles. The van der Waals surface area contributed by atoms with Crippen molar-refractivity contribution in [1.82, 2.24) is 4.98 Å². The van der Waals surface area contributed by atoms with Crippen LogP contribution in [0.4, 0.5) is 5.13 Å². The van der Waals surface area contributed by atoms with Gasteiger partial charge in [0.2, 0.25) is 5.91 Å². The van der Waals surface area contributed by atoms with E-state index in [2.05, 4.69) is 4.98 Å². The quantitative estimate of drug-likeness (QED) is 0.348. The molecule has 4 rings (SSSR count). The number of aromatic nitrogens is 1. The van der Waals surface area contributed by atoms with Gasteiger partial charge < -0.3 is 13.9 Å². The van der Waals surface area contributed by atoms with Crippen molar-refractivity contribution < 1.29 is 27.1 Å². The summed E-state index contributed by atoms with van der Waals surface area (Å²) in [5, 5.41) is 0.395. The highest BCUT2D eigenvalue weighted by Gasteiger charge is 2.25. The number of hydrogen-bond donors (Lipinski definition) is 0. The third-order valence-corrected chi connectivity index (χ3v) is 7.84.